The summed E-state index contributed by atoms with van der Waals surface area (Å²) in [6, 6.07) is 7.22. The third-order valence-electron chi connectivity index (χ3n) is 8.27. The minimum absolute atomic E-state index is 0.0926. The van der Waals surface area contributed by atoms with Crippen molar-refractivity contribution in [1.82, 2.24) is 5.32 Å². The molecular weight excluding hydrogens is 563 g/mol. The Hall–Kier alpha value is -3.45. The molecule has 238 valence electrons. The summed E-state index contributed by atoms with van der Waals surface area (Å²) in [5, 5.41) is 5.05. The van der Waals surface area contributed by atoms with Gasteiger partial charge in [-0.1, -0.05) is 48.9 Å². The fraction of sp³-hybridized carbons (Fsp3) is 0.459. The maximum absolute atomic E-state index is 14.2. The van der Waals surface area contributed by atoms with E-state index in [-0.39, 0.29) is 17.3 Å². The predicted molar refractivity (Wildman–Crippen MR) is 172 cm³/mol. The first-order valence-electron chi connectivity index (χ1n) is 15.6. The molecular formula is C37H46F3NO3. The summed E-state index contributed by atoms with van der Waals surface area (Å²) in [5.74, 6) is -3.90. The Labute approximate surface area is 259 Å². The Bertz CT molecular complexity index is 1490. The van der Waals surface area contributed by atoms with Crippen LogP contribution in [0.2, 0.25) is 0 Å². The highest BCUT2D eigenvalue weighted by Crippen LogP contribution is 2.31. The number of amides is 1. The molecule has 1 saturated carbocycles. The van der Waals surface area contributed by atoms with Crippen LogP contribution in [0.25, 0.3) is 12.2 Å². The Morgan fingerprint density at radius 3 is 2.59 bits per heavy atom. The molecule has 1 fully saturated rings. The molecule has 1 aliphatic rings. The van der Waals surface area contributed by atoms with Gasteiger partial charge in [0.2, 0.25) is 0 Å². The van der Waals surface area contributed by atoms with Crippen LogP contribution in [0.3, 0.4) is 0 Å². The maximum Gasteiger partial charge on any atom is 0.273 e. The number of ketones is 1. The van der Waals surface area contributed by atoms with Crippen molar-refractivity contribution in [3.05, 3.63) is 92.6 Å². The molecule has 2 aromatic carbocycles. The van der Waals surface area contributed by atoms with E-state index in [1.807, 2.05) is 26.0 Å². The molecule has 7 heteroatoms. The highest BCUT2D eigenvalue weighted by molar-refractivity contribution is 6.05. The topological polar surface area (TPSA) is 55.4 Å². The van der Waals surface area contributed by atoms with Crippen LogP contribution in [0.15, 0.2) is 54.1 Å². The SMILES string of the molecule is CC=c1cc(C(=O)NCCOC)c(C)cc1=CCC(C)C=CCC1CCCC(=CC(=O)c2ccc(C(C)(F)F)c(F)c2)CC1. The van der Waals surface area contributed by atoms with E-state index in [2.05, 4.69) is 36.5 Å². The van der Waals surface area contributed by atoms with Gasteiger partial charge in [-0.3, -0.25) is 9.59 Å². The molecule has 1 aliphatic carbocycles. The number of rotatable bonds is 12. The summed E-state index contributed by atoms with van der Waals surface area (Å²) in [7, 11) is 1.61. The monoisotopic (exact) mass is 609 g/mol. The molecule has 0 spiro atoms. The van der Waals surface area contributed by atoms with Gasteiger partial charge < -0.3 is 10.1 Å². The predicted octanol–water partition coefficient (Wildman–Crippen LogP) is 7.57. The number of carbonyl (C=O) groups is 2. The Kier molecular flexibility index (Phi) is 13.2. The van der Waals surface area contributed by atoms with Gasteiger partial charge in [0, 0.05) is 31.7 Å². The molecule has 2 unspecified atom stereocenters. The van der Waals surface area contributed by atoms with Crippen molar-refractivity contribution in [2.24, 2.45) is 11.8 Å². The van der Waals surface area contributed by atoms with Gasteiger partial charge in [-0.15, -0.1) is 0 Å². The van der Waals surface area contributed by atoms with Crippen molar-refractivity contribution in [2.75, 3.05) is 20.3 Å². The zero-order chi connectivity index (χ0) is 32.3. The average Bonchev–Trinajstić information content (AvgIpc) is 3.20. The van der Waals surface area contributed by atoms with Crippen LogP contribution in [0.4, 0.5) is 13.2 Å². The lowest BCUT2D eigenvalue weighted by Gasteiger charge is -2.12. The van der Waals surface area contributed by atoms with Gasteiger partial charge in [0.15, 0.2) is 5.78 Å². The van der Waals surface area contributed by atoms with Crippen LogP contribution in [-0.4, -0.2) is 32.0 Å². The number of methoxy groups -OCH3 is 1. The normalized spacial score (nSPS) is 18.5. The smallest absolute Gasteiger partial charge is 0.273 e. The molecule has 0 radical (unpaired) electrons. The second-order valence-corrected chi connectivity index (χ2v) is 12.0. The van der Waals surface area contributed by atoms with Crippen LogP contribution in [-0.2, 0) is 10.7 Å². The Balaban J connectivity index is 1.55. The van der Waals surface area contributed by atoms with Gasteiger partial charge >= 0.3 is 0 Å². The van der Waals surface area contributed by atoms with Crippen molar-refractivity contribution < 1.29 is 27.5 Å². The van der Waals surface area contributed by atoms with Gasteiger partial charge in [-0.05, 0) is 111 Å². The Morgan fingerprint density at radius 2 is 1.91 bits per heavy atom. The molecule has 4 nitrogen and oxygen atoms in total. The third kappa shape index (κ3) is 10.3. The molecule has 1 N–H and O–H groups in total. The summed E-state index contributed by atoms with van der Waals surface area (Å²) in [6.45, 7) is 7.73. The van der Waals surface area contributed by atoms with E-state index in [1.165, 1.54) is 6.07 Å². The highest BCUT2D eigenvalue weighted by Gasteiger charge is 2.28. The molecule has 0 saturated heterocycles. The number of hydrogen-bond acceptors (Lipinski definition) is 3. The number of hydrogen-bond donors (Lipinski definition) is 1. The number of nitrogens with one attached hydrogen (secondary N) is 1. The quantitative estimate of drug-likeness (QED) is 0.0888. The second-order valence-electron chi connectivity index (χ2n) is 12.0. The van der Waals surface area contributed by atoms with Gasteiger partial charge in [0.1, 0.15) is 5.82 Å². The molecule has 44 heavy (non-hydrogen) atoms. The lowest BCUT2D eigenvalue weighted by atomic mass is 9.95. The van der Waals surface area contributed by atoms with E-state index in [0.717, 1.165) is 78.7 Å². The first-order chi connectivity index (χ1) is 20.9. The molecule has 0 aromatic heterocycles. The fourth-order valence-electron chi connectivity index (χ4n) is 5.62. The summed E-state index contributed by atoms with van der Waals surface area (Å²) in [6.07, 6.45) is 16.9. The molecule has 1 amide bonds. The van der Waals surface area contributed by atoms with Gasteiger partial charge in [-0.2, -0.15) is 0 Å². The maximum atomic E-state index is 14.2. The molecule has 0 bridgehead atoms. The largest absolute Gasteiger partial charge is 0.383 e. The van der Waals surface area contributed by atoms with Crippen LogP contribution < -0.4 is 15.8 Å². The van der Waals surface area contributed by atoms with Crippen LogP contribution in [0, 0.1) is 24.6 Å². The van der Waals surface area contributed by atoms with E-state index in [9.17, 15) is 22.8 Å². The van der Waals surface area contributed by atoms with Gasteiger partial charge in [-0.25, -0.2) is 13.2 Å². The minimum Gasteiger partial charge on any atom is -0.383 e. The lowest BCUT2D eigenvalue weighted by Crippen LogP contribution is -2.32. The number of ether oxygens (including phenoxy) is 1. The highest BCUT2D eigenvalue weighted by atomic mass is 19.3. The number of carbonyl (C=O) groups excluding carboxylic acids is 2. The summed E-state index contributed by atoms with van der Waals surface area (Å²) >= 11 is 0. The molecule has 3 rings (SSSR count). The molecule has 2 aromatic rings. The minimum atomic E-state index is -3.29. The summed E-state index contributed by atoms with van der Waals surface area (Å²) < 4.78 is 46.2. The van der Waals surface area contributed by atoms with E-state index >= 15 is 0 Å². The van der Waals surface area contributed by atoms with Gasteiger partial charge in [0.05, 0.1) is 12.2 Å². The average molecular weight is 610 g/mol. The molecule has 0 aliphatic heterocycles. The van der Waals surface area contributed by atoms with E-state index in [4.69, 9.17) is 4.74 Å². The van der Waals surface area contributed by atoms with Gasteiger partial charge in [0.25, 0.3) is 11.8 Å². The molecule has 2 atom stereocenters. The fourth-order valence-corrected chi connectivity index (χ4v) is 5.62. The first-order valence-corrected chi connectivity index (χ1v) is 15.6. The van der Waals surface area contributed by atoms with Crippen LogP contribution >= 0.6 is 0 Å². The van der Waals surface area contributed by atoms with Crippen molar-refractivity contribution in [2.45, 2.75) is 78.6 Å². The standard InChI is InChI=1S/C37H46F3NO3/c1-6-29-23-32(36(43)41-19-20-44-5)26(3)21-30(29)16-13-25(2)9-7-10-27-11-8-12-28(15-14-27)22-35(42)31-17-18-33(34(38)24-31)37(4,39)40/h6-7,9,16-18,21-25,27H,8,10-15,19-20H2,1-5H3,(H,41,43). The number of benzene rings is 2. The van der Waals surface area contributed by atoms with Crippen LogP contribution in [0.5, 0.6) is 0 Å². The van der Waals surface area contributed by atoms with Crippen molar-refractivity contribution >= 4 is 23.8 Å². The number of aryl methyl sites for hydroxylation is 1. The number of allylic oxidation sites excluding steroid dienone is 4. The zero-order valence-corrected chi connectivity index (χ0v) is 26.7. The van der Waals surface area contributed by atoms with Crippen molar-refractivity contribution in [3.8, 4) is 0 Å². The summed E-state index contributed by atoms with van der Waals surface area (Å²) in [5.41, 5.74) is 2.04. The van der Waals surface area contributed by atoms with Crippen LogP contribution in [0.1, 0.15) is 97.6 Å². The molecule has 0 heterocycles. The van der Waals surface area contributed by atoms with E-state index in [0.29, 0.717) is 37.5 Å². The second kappa shape index (κ2) is 16.6. The lowest BCUT2D eigenvalue weighted by molar-refractivity contribution is 0.0137. The number of halogens is 3. The van der Waals surface area contributed by atoms with E-state index in [1.54, 1.807) is 13.2 Å². The third-order valence-corrected chi connectivity index (χ3v) is 8.27. The van der Waals surface area contributed by atoms with Crippen molar-refractivity contribution in [1.29, 1.82) is 0 Å². The van der Waals surface area contributed by atoms with E-state index < -0.39 is 17.3 Å². The Morgan fingerprint density at radius 1 is 1.14 bits per heavy atom. The zero-order valence-electron chi connectivity index (χ0n) is 26.7. The summed E-state index contributed by atoms with van der Waals surface area (Å²) in [4.78, 5) is 25.3. The first kappa shape index (κ1) is 35.0. The van der Waals surface area contributed by atoms with Crippen molar-refractivity contribution in [3.63, 3.8) is 0 Å². The number of alkyl halides is 2.